The molecule has 1 fully saturated rings. The maximum atomic E-state index is 14.2. The minimum Gasteiger partial charge on any atom is -0.494 e. The predicted molar refractivity (Wildman–Crippen MR) is 94.9 cm³/mol. The van der Waals surface area contributed by atoms with Gasteiger partial charge in [-0.2, -0.15) is 5.10 Å². The van der Waals surface area contributed by atoms with Crippen LogP contribution in [0.1, 0.15) is 34.9 Å². The monoisotopic (exact) mass is 370 g/mol. The average Bonchev–Trinajstić information content (AvgIpc) is 3.08. The number of aromatic nitrogens is 3. The zero-order valence-corrected chi connectivity index (χ0v) is 14.7. The fourth-order valence-corrected chi connectivity index (χ4v) is 3.41. The fourth-order valence-electron chi connectivity index (χ4n) is 3.41. The molecule has 1 amide bonds. The molecule has 8 heteroatoms. The number of hydrogen-bond donors (Lipinski definition) is 2. The molecule has 1 aromatic carbocycles. The van der Waals surface area contributed by atoms with Gasteiger partial charge in [0.2, 0.25) is 0 Å². The van der Waals surface area contributed by atoms with Gasteiger partial charge in [-0.25, -0.2) is 13.9 Å². The zero-order chi connectivity index (χ0) is 19.0. The van der Waals surface area contributed by atoms with Gasteiger partial charge in [-0.3, -0.25) is 4.79 Å². The van der Waals surface area contributed by atoms with E-state index in [0.717, 1.165) is 0 Å². The highest BCUT2D eigenvalue weighted by Crippen LogP contribution is 2.39. The van der Waals surface area contributed by atoms with E-state index in [9.17, 15) is 14.3 Å². The van der Waals surface area contributed by atoms with E-state index < -0.39 is 18.0 Å². The first kappa shape index (κ1) is 17.4. The van der Waals surface area contributed by atoms with Crippen LogP contribution in [0.5, 0.6) is 5.75 Å². The molecule has 1 saturated carbocycles. The lowest BCUT2D eigenvalue weighted by Gasteiger charge is -2.38. The number of carbonyl (C=O) groups excluding carboxylic acids is 1. The van der Waals surface area contributed by atoms with Crippen molar-refractivity contribution in [3.8, 4) is 5.75 Å². The van der Waals surface area contributed by atoms with Crippen LogP contribution in [0, 0.1) is 11.7 Å². The Morgan fingerprint density at radius 3 is 2.89 bits per heavy atom. The molecule has 140 valence electrons. The molecule has 2 heterocycles. The molecule has 1 aliphatic carbocycles. The number of hydrogen-bond acceptors (Lipinski definition) is 5. The highest BCUT2D eigenvalue weighted by Gasteiger charge is 2.36. The highest BCUT2D eigenvalue weighted by molar-refractivity contribution is 5.93. The standard InChI is InChI=1S/C19H19FN4O3/c1-27-16-4-3-11(9-14(16)20)18(12-7-13(25)8-12)22-19(26)15-10-17-21-5-2-6-24(17)23-15/h2-6,9-10,12-13,18,25H,7-8H2,1H3,(H,22,26)/t12?,13?,18-/m0/s1. The van der Waals surface area contributed by atoms with Crippen LogP contribution in [0.2, 0.25) is 0 Å². The molecule has 1 aliphatic rings. The minimum absolute atomic E-state index is 0.0203. The number of methoxy groups -OCH3 is 1. The Bertz CT molecular complexity index is 951. The number of aliphatic hydroxyl groups excluding tert-OH is 1. The molecule has 0 spiro atoms. The molecular formula is C19H19FN4O3. The van der Waals surface area contributed by atoms with Crippen molar-refractivity contribution in [2.24, 2.45) is 5.92 Å². The molecule has 7 nitrogen and oxygen atoms in total. The summed E-state index contributed by atoms with van der Waals surface area (Å²) in [5.74, 6) is -0.704. The van der Waals surface area contributed by atoms with Crippen LogP contribution < -0.4 is 10.1 Å². The van der Waals surface area contributed by atoms with Crippen molar-refractivity contribution in [3.63, 3.8) is 0 Å². The molecule has 3 aromatic rings. The smallest absolute Gasteiger partial charge is 0.272 e. The van der Waals surface area contributed by atoms with Crippen molar-refractivity contribution in [1.29, 1.82) is 0 Å². The summed E-state index contributed by atoms with van der Waals surface area (Å²) in [6.45, 7) is 0. The lowest BCUT2D eigenvalue weighted by molar-refractivity contribution is 0.0234. The van der Waals surface area contributed by atoms with Crippen molar-refractivity contribution in [2.45, 2.75) is 25.0 Å². The summed E-state index contributed by atoms with van der Waals surface area (Å²) in [5.41, 5.74) is 1.42. The van der Waals surface area contributed by atoms with Crippen molar-refractivity contribution in [2.75, 3.05) is 7.11 Å². The SMILES string of the molecule is COc1ccc([C@H](NC(=O)c2cc3ncccn3n2)C2CC(O)C2)cc1F. The van der Waals surface area contributed by atoms with Crippen molar-refractivity contribution in [1.82, 2.24) is 19.9 Å². The van der Waals surface area contributed by atoms with Gasteiger partial charge in [0.15, 0.2) is 22.9 Å². The second kappa shape index (κ2) is 6.96. The Morgan fingerprint density at radius 1 is 1.41 bits per heavy atom. The first-order valence-corrected chi connectivity index (χ1v) is 8.68. The van der Waals surface area contributed by atoms with Crippen LogP contribution in [-0.2, 0) is 0 Å². The molecule has 27 heavy (non-hydrogen) atoms. The normalized spacial score (nSPS) is 20.1. The third-order valence-corrected chi connectivity index (χ3v) is 4.91. The van der Waals surface area contributed by atoms with E-state index in [1.165, 1.54) is 23.8 Å². The van der Waals surface area contributed by atoms with Gasteiger partial charge in [-0.15, -0.1) is 0 Å². The van der Waals surface area contributed by atoms with Gasteiger partial charge in [0.05, 0.1) is 19.3 Å². The van der Waals surface area contributed by atoms with E-state index in [2.05, 4.69) is 15.4 Å². The van der Waals surface area contributed by atoms with Crippen LogP contribution in [0.4, 0.5) is 4.39 Å². The summed E-state index contributed by atoms with van der Waals surface area (Å²) in [6, 6.07) is 7.51. The first-order valence-electron chi connectivity index (χ1n) is 8.68. The van der Waals surface area contributed by atoms with Gasteiger partial charge >= 0.3 is 0 Å². The maximum Gasteiger partial charge on any atom is 0.272 e. The quantitative estimate of drug-likeness (QED) is 0.718. The van der Waals surface area contributed by atoms with E-state index in [0.29, 0.717) is 24.1 Å². The van der Waals surface area contributed by atoms with Crippen molar-refractivity contribution >= 4 is 11.6 Å². The molecule has 1 atom stereocenters. The number of rotatable bonds is 5. The van der Waals surface area contributed by atoms with Crippen LogP contribution in [0.25, 0.3) is 5.65 Å². The highest BCUT2D eigenvalue weighted by atomic mass is 19.1. The Morgan fingerprint density at radius 2 is 2.22 bits per heavy atom. The lowest BCUT2D eigenvalue weighted by Crippen LogP contribution is -2.41. The summed E-state index contributed by atoms with van der Waals surface area (Å²) in [4.78, 5) is 16.9. The summed E-state index contributed by atoms with van der Waals surface area (Å²) in [5, 5.41) is 16.8. The van der Waals surface area contributed by atoms with E-state index >= 15 is 0 Å². The average molecular weight is 370 g/mol. The summed E-state index contributed by atoms with van der Waals surface area (Å²) in [7, 11) is 1.40. The van der Waals surface area contributed by atoms with Gasteiger partial charge in [-0.1, -0.05) is 6.07 Å². The lowest BCUT2D eigenvalue weighted by atomic mass is 9.75. The first-order chi connectivity index (χ1) is 13.0. The number of carbonyl (C=O) groups is 1. The summed E-state index contributed by atoms with van der Waals surface area (Å²) in [6.07, 6.45) is 4.03. The minimum atomic E-state index is -0.494. The van der Waals surface area contributed by atoms with E-state index in [4.69, 9.17) is 4.74 Å². The zero-order valence-electron chi connectivity index (χ0n) is 14.7. The molecule has 0 saturated heterocycles. The van der Waals surface area contributed by atoms with Crippen molar-refractivity contribution in [3.05, 3.63) is 59.8 Å². The molecular weight excluding hydrogens is 351 g/mol. The van der Waals surface area contributed by atoms with Gasteiger partial charge in [-0.05, 0) is 42.5 Å². The van der Waals surface area contributed by atoms with Gasteiger partial charge < -0.3 is 15.2 Å². The fraction of sp³-hybridized carbons (Fsp3) is 0.316. The van der Waals surface area contributed by atoms with E-state index in [1.54, 1.807) is 30.6 Å². The van der Waals surface area contributed by atoms with Crippen molar-refractivity contribution < 1.29 is 19.0 Å². The topological polar surface area (TPSA) is 88.8 Å². The van der Waals surface area contributed by atoms with Gasteiger partial charge in [0.1, 0.15) is 0 Å². The largest absolute Gasteiger partial charge is 0.494 e. The van der Waals surface area contributed by atoms with Crippen LogP contribution in [0.3, 0.4) is 0 Å². The second-order valence-corrected chi connectivity index (χ2v) is 6.68. The van der Waals surface area contributed by atoms with Gasteiger partial charge in [0.25, 0.3) is 5.91 Å². The van der Waals surface area contributed by atoms with E-state index in [1.807, 2.05) is 0 Å². The van der Waals surface area contributed by atoms with E-state index in [-0.39, 0.29) is 23.3 Å². The molecule has 0 bridgehead atoms. The van der Waals surface area contributed by atoms with Gasteiger partial charge in [0, 0.05) is 18.5 Å². The molecule has 0 radical (unpaired) electrons. The Hall–Kier alpha value is -3.00. The number of amides is 1. The number of ether oxygens (including phenoxy) is 1. The summed E-state index contributed by atoms with van der Waals surface area (Å²) >= 11 is 0. The molecule has 4 rings (SSSR count). The summed E-state index contributed by atoms with van der Waals surface area (Å²) < 4.78 is 20.6. The molecule has 0 unspecified atom stereocenters. The molecule has 0 aliphatic heterocycles. The number of nitrogens with zero attached hydrogens (tertiary/aromatic N) is 3. The maximum absolute atomic E-state index is 14.2. The molecule has 2 aromatic heterocycles. The Labute approximate surface area is 154 Å². The third kappa shape index (κ3) is 3.35. The van der Waals surface area contributed by atoms with Crippen LogP contribution >= 0.6 is 0 Å². The Kier molecular flexibility index (Phi) is 4.49. The second-order valence-electron chi connectivity index (χ2n) is 6.68. The Balaban J connectivity index is 1.61. The third-order valence-electron chi connectivity index (χ3n) is 4.91. The number of fused-ring (bicyclic) bond motifs is 1. The number of aliphatic hydroxyl groups is 1. The number of nitrogens with one attached hydrogen (secondary N) is 1. The molecule has 2 N–H and O–H groups in total. The van der Waals surface area contributed by atoms with Crippen LogP contribution in [0.15, 0.2) is 42.7 Å². The predicted octanol–water partition coefficient (Wildman–Crippen LogP) is 2.12. The van der Waals surface area contributed by atoms with Crippen LogP contribution in [-0.4, -0.2) is 38.8 Å². The number of halogens is 1. The number of benzene rings is 1.